The first kappa shape index (κ1) is 14.3. The highest BCUT2D eigenvalue weighted by Gasteiger charge is 2.09. The van der Waals surface area contributed by atoms with Crippen LogP contribution in [0, 0.1) is 0 Å². The molecule has 0 amide bonds. The Bertz CT molecular complexity index is 656. The van der Waals surface area contributed by atoms with E-state index in [9.17, 15) is 0 Å². The van der Waals surface area contributed by atoms with Gasteiger partial charge in [0.05, 0.1) is 5.56 Å². The second kappa shape index (κ2) is 6.91. The smallest absolute Gasteiger partial charge is 0.0941 e. The molecule has 0 atom stereocenters. The van der Waals surface area contributed by atoms with E-state index in [0.29, 0.717) is 0 Å². The number of nitrogens with zero attached hydrogens (tertiary/aromatic N) is 1. The van der Waals surface area contributed by atoms with Gasteiger partial charge in [0.2, 0.25) is 0 Å². The van der Waals surface area contributed by atoms with E-state index < -0.39 is 0 Å². The van der Waals surface area contributed by atoms with Crippen molar-refractivity contribution in [2.45, 2.75) is 13.8 Å². The standard InChI is InChI=1S/C18H17ClN/c1-14(2)20-18(16-9-11-17(19)12-10-16)13-8-15-6-4-3-5-7-15/h3-13H,1-2H3/q+1/b13-8+. The van der Waals surface area contributed by atoms with Gasteiger partial charge in [-0.1, -0.05) is 46.6 Å². The largest absolute Gasteiger partial charge is 0.334 e. The lowest BCUT2D eigenvalue weighted by molar-refractivity contribution is 1.52. The Balaban J connectivity index is 2.38. The van der Waals surface area contributed by atoms with E-state index in [-0.39, 0.29) is 0 Å². The molecule has 0 aliphatic heterocycles. The molecule has 100 valence electrons. The molecule has 0 saturated heterocycles. The molecule has 0 fully saturated rings. The summed E-state index contributed by atoms with van der Waals surface area (Å²) in [5, 5.41) is 0.734. The van der Waals surface area contributed by atoms with Crippen molar-refractivity contribution in [3.63, 3.8) is 0 Å². The highest BCUT2D eigenvalue weighted by Crippen LogP contribution is 2.11. The van der Waals surface area contributed by atoms with Gasteiger partial charge < -0.3 is 0 Å². The minimum absolute atomic E-state index is 0.734. The molecule has 20 heavy (non-hydrogen) atoms. The lowest BCUT2D eigenvalue weighted by Gasteiger charge is -1.93. The Hall–Kier alpha value is -2.08. The van der Waals surface area contributed by atoms with Crippen molar-refractivity contribution in [2.24, 2.45) is 0 Å². The molecule has 0 aliphatic carbocycles. The highest BCUT2D eigenvalue weighted by molar-refractivity contribution is 6.30. The summed E-state index contributed by atoms with van der Waals surface area (Å²) in [6, 6.07) is 17.9. The predicted octanol–water partition coefficient (Wildman–Crippen LogP) is 4.39. The molecule has 2 aromatic rings. The van der Waals surface area contributed by atoms with Crippen molar-refractivity contribution >= 4 is 29.1 Å². The second-order valence-corrected chi connectivity index (χ2v) is 5.13. The van der Waals surface area contributed by atoms with Crippen LogP contribution in [-0.2, 0) is 0 Å². The van der Waals surface area contributed by atoms with Gasteiger partial charge in [-0.2, -0.15) is 0 Å². The van der Waals surface area contributed by atoms with Crippen molar-refractivity contribution in [1.29, 1.82) is 0 Å². The van der Waals surface area contributed by atoms with Gasteiger partial charge in [-0.15, -0.1) is 0 Å². The molecule has 2 rings (SSSR count). The molecule has 0 radical (unpaired) electrons. The zero-order chi connectivity index (χ0) is 14.4. The number of hydrogen-bond donors (Lipinski definition) is 0. The number of halogens is 1. The summed E-state index contributed by atoms with van der Waals surface area (Å²) in [6.07, 6.45) is 4.10. The molecule has 1 nitrogen and oxygen atoms in total. The number of allylic oxidation sites excluding steroid dienone is 1. The van der Waals surface area contributed by atoms with Gasteiger partial charge in [0, 0.05) is 24.9 Å². The van der Waals surface area contributed by atoms with Crippen LogP contribution in [0.25, 0.3) is 6.08 Å². The quantitative estimate of drug-likeness (QED) is 0.585. The van der Waals surface area contributed by atoms with Crippen LogP contribution < -0.4 is 4.67 Å². The molecular formula is C18H17ClN+. The van der Waals surface area contributed by atoms with Crippen LogP contribution in [-0.4, -0.2) is 11.4 Å². The average Bonchev–Trinajstić information content (AvgIpc) is 2.45. The van der Waals surface area contributed by atoms with Crippen LogP contribution in [0.2, 0.25) is 5.02 Å². The lowest BCUT2D eigenvalue weighted by Crippen LogP contribution is -2.04. The zero-order valence-electron chi connectivity index (χ0n) is 11.7. The summed E-state index contributed by atoms with van der Waals surface area (Å²) >= 11 is 5.93. The van der Waals surface area contributed by atoms with Crippen LogP contribution in [0.3, 0.4) is 0 Å². The predicted molar refractivity (Wildman–Crippen MR) is 89.5 cm³/mol. The monoisotopic (exact) mass is 282 g/mol. The minimum atomic E-state index is 0.734. The molecule has 0 bridgehead atoms. The molecule has 0 N–H and O–H groups in total. The van der Waals surface area contributed by atoms with Crippen LogP contribution in [0.1, 0.15) is 25.0 Å². The summed E-state index contributed by atoms with van der Waals surface area (Å²) in [4.78, 5) is 0. The molecular weight excluding hydrogens is 266 g/mol. The molecule has 0 saturated carbocycles. The fraction of sp³-hybridized carbons (Fsp3) is 0.111. The van der Waals surface area contributed by atoms with E-state index in [2.05, 4.69) is 22.9 Å². The Morgan fingerprint density at radius 2 is 1.60 bits per heavy atom. The first-order chi connectivity index (χ1) is 9.65. The van der Waals surface area contributed by atoms with Crippen molar-refractivity contribution in [3.8, 4) is 0 Å². The van der Waals surface area contributed by atoms with Crippen LogP contribution in [0.5, 0.6) is 0 Å². The average molecular weight is 283 g/mol. The summed E-state index contributed by atoms with van der Waals surface area (Å²) < 4.78 is 4.60. The van der Waals surface area contributed by atoms with Gasteiger partial charge in [0.1, 0.15) is 0 Å². The number of hydrogen-bond acceptors (Lipinski definition) is 0. The van der Waals surface area contributed by atoms with Crippen molar-refractivity contribution in [2.75, 3.05) is 0 Å². The Morgan fingerprint density at radius 3 is 2.20 bits per heavy atom. The normalized spacial score (nSPS) is 10.3. The maximum Gasteiger partial charge on any atom is 0.334 e. The zero-order valence-corrected chi connectivity index (χ0v) is 12.4. The van der Waals surface area contributed by atoms with E-state index in [4.69, 9.17) is 11.6 Å². The molecule has 0 aliphatic rings. The highest BCUT2D eigenvalue weighted by atomic mass is 35.5. The van der Waals surface area contributed by atoms with Crippen LogP contribution >= 0.6 is 11.6 Å². The fourth-order valence-corrected chi connectivity index (χ4v) is 1.92. The first-order valence-electron chi connectivity index (χ1n) is 6.53. The van der Waals surface area contributed by atoms with Crippen molar-refractivity contribution in [1.82, 2.24) is 4.67 Å². The number of benzene rings is 2. The van der Waals surface area contributed by atoms with E-state index in [0.717, 1.165) is 27.6 Å². The Morgan fingerprint density at radius 1 is 0.950 bits per heavy atom. The summed E-state index contributed by atoms with van der Waals surface area (Å²) in [5.41, 5.74) is 4.17. The van der Waals surface area contributed by atoms with Gasteiger partial charge in [-0.05, 0) is 35.9 Å². The lowest BCUT2D eigenvalue weighted by atomic mass is 10.1. The van der Waals surface area contributed by atoms with Crippen LogP contribution in [0.15, 0.2) is 60.7 Å². The summed E-state index contributed by atoms with van der Waals surface area (Å²) in [5.74, 6) is 0. The molecule has 2 aromatic carbocycles. The summed E-state index contributed by atoms with van der Waals surface area (Å²) in [6.45, 7) is 3.98. The minimum Gasteiger partial charge on any atom is -0.0941 e. The van der Waals surface area contributed by atoms with E-state index in [1.54, 1.807) is 0 Å². The molecule has 0 spiro atoms. The second-order valence-electron chi connectivity index (χ2n) is 4.70. The van der Waals surface area contributed by atoms with E-state index in [1.807, 2.05) is 62.4 Å². The maximum absolute atomic E-state index is 5.93. The summed E-state index contributed by atoms with van der Waals surface area (Å²) in [7, 11) is 0. The van der Waals surface area contributed by atoms with Crippen molar-refractivity contribution < 1.29 is 0 Å². The Kier molecular flexibility index (Phi) is 4.95. The van der Waals surface area contributed by atoms with Gasteiger partial charge >= 0.3 is 5.71 Å². The third-order valence-corrected chi connectivity index (χ3v) is 2.97. The topological polar surface area (TPSA) is 14.1 Å². The van der Waals surface area contributed by atoms with E-state index in [1.165, 1.54) is 0 Å². The Labute approximate surface area is 125 Å². The third-order valence-electron chi connectivity index (χ3n) is 2.72. The molecule has 0 unspecified atom stereocenters. The first-order valence-corrected chi connectivity index (χ1v) is 6.91. The maximum atomic E-state index is 5.93. The molecule has 2 heteroatoms. The van der Waals surface area contributed by atoms with E-state index >= 15 is 0 Å². The number of rotatable bonds is 3. The molecule has 0 heterocycles. The van der Waals surface area contributed by atoms with Crippen LogP contribution in [0.4, 0.5) is 0 Å². The third kappa shape index (κ3) is 4.24. The molecule has 0 aromatic heterocycles. The van der Waals surface area contributed by atoms with Gasteiger partial charge in [0.25, 0.3) is 5.71 Å². The van der Waals surface area contributed by atoms with Gasteiger partial charge in [0.15, 0.2) is 0 Å². The van der Waals surface area contributed by atoms with Gasteiger partial charge in [-0.3, -0.25) is 0 Å². The van der Waals surface area contributed by atoms with Crippen molar-refractivity contribution in [3.05, 3.63) is 76.8 Å². The SMILES string of the molecule is CC(C)=[N+]=C(/C=C/c1ccccc1)c1ccc(Cl)cc1. The van der Waals surface area contributed by atoms with Gasteiger partial charge in [-0.25, -0.2) is 0 Å². The fourth-order valence-electron chi connectivity index (χ4n) is 1.80.